The van der Waals surface area contributed by atoms with Gasteiger partial charge in [0, 0.05) is 44.0 Å². The van der Waals surface area contributed by atoms with Crippen molar-refractivity contribution in [3.8, 4) is 0 Å². The Labute approximate surface area is 348 Å². The van der Waals surface area contributed by atoms with E-state index in [2.05, 4.69) is 151 Å². The third-order valence-electron chi connectivity index (χ3n) is 4.68. The molecule has 0 rings (SSSR count). The van der Waals surface area contributed by atoms with E-state index in [1.807, 2.05) is 108 Å². The molecule has 0 bridgehead atoms. The summed E-state index contributed by atoms with van der Waals surface area (Å²) >= 11 is 0. The zero-order chi connectivity index (χ0) is 39.1. The molecule has 0 aliphatic carbocycles. The molecule has 0 spiro atoms. The first-order valence-corrected chi connectivity index (χ1v) is 30.8. The van der Waals surface area contributed by atoms with E-state index in [1.54, 1.807) is 0 Å². The predicted octanol–water partition coefficient (Wildman–Crippen LogP) is 18.4. The monoisotopic (exact) mass is 864 g/mol. The normalized spacial score (nSPS) is 11.7. The lowest BCUT2D eigenvalue weighted by Gasteiger charge is -2.16. The quantitative estimate of drug-likeness (QED) is 0.0905. The van der Waals surface area contributed by atoms with Gasteiger partial charge >= 0.3 is 0 Å². The maximum Gasteiger partial charge on any atom is 0.0179 e. The van der Waals surface area contributed by atoms with Gasteiger partial charge in [0.25, 0.3) is 0 Å². The Morgan fingerprint density at radius 3 is 1.06 bits per heavy atom. The third kappa shape index (κ3) is 87.4. The predicted molar refractivity (Wildman–Crippen MR) is 266 cm³/mol. The first-order valence-electron chi connectivity index (χ1n) is 18.3. The summed E-state index contributed by atoms with van der Waals surface area (Å²) < 4.78 is 0.416. The van der Waals surface area contributed by atoms with Gasteiger partial charge in [-0.3, -0.25) is 0 Å². The van der Waals surface area contributed by atoms with Crippen LogP contribution in [-0.4, -0.2) is 56.5 Å². The minimum atomic E-state index is 0.416. The summed E-state index contributed by atoms with van der Waals surface area (Å²) in [6, 6.07) is 0. The maximum absolute atomic E-state index is 2.29. The zero-order valence-electron chi connectivity index (χ0n) is 36.2. The fourth-order valence-electron chi connectivity index (χ4n) is 1.90. The molecule has 1 atom stereocenters. The van der Waals surface area contributed by atoms with Gasteiger partial charge in [-0.25, -0.2) is 0 Å². The Morgan fingerprint density at radius 2 is 0.833 bits per heavy atom. The van der Waals surface area contributed by atoms with Crippen molar-refractivity contribution in [2.75, 3.05) is 41.3 Å². The largest absolute Gasteiger partial charge is 0.0976 e. The average Bonchev–Trinajstić information content (AvgIpc) is 2.95. The van der Waals surface area contributed by atoms with Crippen molar-refractivity contribution in [1.82, 2.24) is 0 Å². The topological polar surface area (TPSA) is 0 Å². The fraction of sp³-hybridized carbons (Fsp3) is 1.00. The maximum atomic E-state index is 2.29. The second-order valence-electron chi connectivity index (χ2n) is 14.9. The molecule has 10 heteroatoms. The second kappa shape index (κ2) is 48.5. The molecule has 1 unspecified atom stereocenters. The minimum absolute atomic E-state index is 0.416. The van der Waals surface area contributed by atoms with Crippen LogP contribution in [0.4, 0.5) is 0 Å². The molecule has 0 aromatic heterocycles. The molecule has 0 aliphatic heterocycles. The van der Waals surface area contributed by atoms with Crippen molar-refractivity contribution < 1.29 is 0 Å². The summed E-state index contributed by atoms with van der Waals surface area (Å²) in [5, 5.41) is 1.62. The molecule has 0 aromatic carbocycles. The van der Waals surface area contributed by atoms with Crippen molar-refractivity contribution in [3.63, 3.8) is 0 Å². The molecule has 0 aliphatic rings. The van der Waals surface area contributed by atoms with Crippen molar-refractivity contribution in [2.45, 2.75) is 167 Å². The van der Waals surface area contributed by atoms with E-state index in [0.717, 1.165) is 46.0 Å². The first-order chi connectivity index (χ1) is 22.1. The van der Waals surface area contributed by atoms with Gasteiger partial charge < -0.3 is 0 Å². The molecule has 0 N–H and O–H groups in total. The molecule has 0 saturated heterocycles. The third-order valence-corrected chi connectivity index (χ3v) is 19.3. The highest BCUT2D eigenvalue weighted by Gasteiger charge is 2.11. The fourth-order valence-corrected chi connectivity index (χ4v) is 13.4. The summed E-state index contributed by atoms with van der Waals surface area (Å²) in [4.78, 5) is 0. The van der Waals surface area contributed by atoms with Crippen LogP contribution in [0.25, 0.3) is 0 Å². The lowest BCUT2D eigenvalue weighted by atomic mass is 10.1. The molecule has 0 aromatic rings. The minimum Gasteiger partial charge on any atom is -0.0976 e. The highest BCUT2D eigenvalue weighted by atomic mass is 33.1. The Morgan fingerprint density at radius 1 is 0.438 bits per heavy atom. The summed E-state index contributed by atoms with van der Waals surface area (Å²) in [5.41, 5.74) is 0. The van der Waals surface area contributed by atoms with Gasteiger partial charge in [0.05, 0.1) is 0 Å². The number of hydrogen-bond donors (Lipinski definition) is 0. The first kappa shape index (κ1) is 63.4. The van der Waals surface area contributed by atoms with Crippen molar-refractivity contribution in [3.05, 3.63) is 0 Å². The highest BCUT2D eigenvalue weighted by Crippen LogP contribution is 2.36. The van der Waals surface area contributed by atoms with Gasteiger partial charge in [-0.05, 0) is 54.4 Å². The zero-order valence-corrected chi connectivity index (χ0v) is 44.3. The van der Waals surface area contributed by atoms with E-state index in [-0.39, 0.29) is 0 Å². The van der Waals surface area contributed by atoms with Gasteiger partial charge in [0.1, 0.15) is 0 Å². The molecule has 0 amide bonds. The Balaban J connectivity index is -0.000000111. The standard InChI is InChI=1S/C8H18S2.2C7H16S2.C6H14S2.C5H12S2.C5H12/c1-7(2)6-9-10-8(3,4)5;1-6(2)5-8-9-7(3)4;1-5-7(6(2)3)9-8-4;1-4-7-8-5-6(2)3;1-5(2)4-7-6-3;1-4-5(2)3/h7H,6H2,1-5H3;2*6-7H,5H2,1-4H3;6H,4-5H2,1-3H3;5H,4H2,1-3H3;5H,4H2,1-3H3. The van der Waals surface area contributed by atoms with Crippen LogP contribution in [0, 0.1) is 35.5 Å². The van der Waals surface area contributed by atoms with Gasteiger partial charge in [-0.2, -0.15) is 0 Å². The van der Waals surface area contributed by atoms with Crippen LogP contribution in [0.1, 0.15) is 151 Å². The highest BCUT2D eigenvalue weighted by molar-refractivity contribution is 8.78. The van der Waals surface area contributed by atoms with E-state index in [0.29, 0.717) is 4.75 Å². The van der Waals surface area contributed by atoms with Crippen LogP contribution < -0.4 is 0 Å². The van der Waals surface area contributed by atoms with Crippen LogP contribution in [-0.2, 0) is 0 Å². The molecule has 0 fully saturated rings. The van der Waals surface area contributed by atoms with E-state index < -0.39 is 0 Å². The van der Waals surface area contributed by atoms with E-state index in [9.17, 15) is 0 Å². The van der Waals surface area contributed by atoms with E-state index in [1.165, 1.54) is 41.6 Å². The molecule has 48 heavy (non-hydrogen) atoms. The second-order valence-corrected chi connectivity index (χ2v) is 29.2. The van der Waals surface area contributed by atoms with Crippen molar-refractivity contribution in [2.24, 2.45) is 35.5 Å². The number of hydrogen-bond acceptors (Lipinski definition) is 10. The van der Waals surface area contributed by atoms with Gasteiger partial charge in [0.2, 0.25) is 0 Å². The van der Waals surface area contributed by atoms with Crippen LogP contribution in [0.2, 0.25) is 0 Å². The summed E-state index contributed by atoms with van der Waals surface area (Å²) in [6.07, 6.45) is 6.87. The van der Waals surface area contributed by atoms with Crippen molar-refractivity contribution in [1.29, 1.82) is 0 Å². The molecular weight excluding hydrogens is 777 g/mol. The summed E-state index contributed by atoms with van der Waals surface area (Å²) in [6.45, 7) is 44.9. The van der Waals surface area contributed by atoms with Gasteiger partial charge in [-0.15, -0.1) is 0 Å². The lowest BCUT2D eigenvalue weighted by Crippen LogP contribution is -2.07. The summed E-state index contributed by atoms with van der Waals surface area (Å²) in [7, 11) is 19.5. The van der Waals surface area contributed by atoms with Crippen LogP contribution in [0.5, 0.6) is 0 Å². The lowest BCUT2D eigenvalue weighted by molar-refractivity contribution is 0.596. The Hall–Kier alpha value is 3.50. The summed E-state index contributed by atoms with van der Waals surface area (Å²) in [5.74, 6) is 11.4. The molecular formula is C38H88S10. The Kier molecular flexibility index (Phi) is 64.1. The van der Waals surface area contributed by atoms with E-state index in [4.69, 9.17) is 0 Å². The molecule has 0 saturated carbocycles. The molecule has 0 radical (unpaired) electrons. The Bertz CT molecular complexity index is 526. The van der Waals surface area contributed by atoms with Crippen LogP contribution >= 0.6 is 108 Å². The van der Waals surface area contributed by atoms with Gasteiger partial charge in [-0.1, -0.05) is 253 Å². The van der Waals surface area contributed by atoms with E-state index >= 15 is 0 Å². The SMILES string of the molecule is CC(C)CSSC(C)(C)C.CC(C)CSSC(C)C.CCC(C)C.CCC(SSC)C(C)C.CCSSCC(C)C.CSSCC(C)C. The van der Waals surface area contributed by atoms with Crippen LogP contribution in [0.15, 0.2) is 0 Å². The van der Waals surface area contributed by atoms with Crippen molar-refractivity contribution >= 4 is 108 Å². The van der Waals surface area contributed by atoms with Gasteiger partial charge in [0.15, 0.2) is 0 Å². The molecule has 0 nitrogen and oxygen atoms in total. The molecule has 300 valence electrons. The van der Waals surface area contributed by atoms with Crippen LogP contribution in [0.3, 0.4) is 0 Å². The number of rotatable bonds is 19. The smallest absolute Gasteiger partial charge is 0.0179 e. The average molecular weight is 866 g/mol. The molecule has 0 heterocycles.